The maximum atomic E-state index is 5.36. The first-order valence-electron chi connectivity index (χ1n) is 5.36. The number of nitrogens with two attached hydrogens (primary N) is 1. The second-order valence-corrected chi connectivity index (χ2v) is 2.88. The fraction of sp³-hybridized carbons (Fsp3) is 1.00. The van der Waals surface area contributed by atoms with Crippen LogP contribution >= 0.6 is 0 Å². The van der Waals surface area contributed by atoms with Crippen LogP contribution in [0.1, 0.15) is 26.7 Å². The minimum absolute atomic E-state index is 0.122. The number of rotatable bonds is 10. The lowest BCUT2D eigenvalue weighted by Crippen LogP contribution is -2.19. The molecule has 0 rings (SSSR count). The summed E-state index contributed by atoms with van der Waals surface area (Å²) in [4.78, 5) is 0. The zero-order valence-corrected chi connectivity index (χ0v) is 9.33. The summed E-state index contributed by atoms with van der Waals surface area (Å²) in [5, 5.41) is 0. The molecule has 0 aromatic heterocycles. The third-order valence-electron chi connectivity index (χ3n) is 1.70. The van der Waals surface area contributed by atoms with Crippen molar-refractivity contribution in [1.82, 2.24) is 0 Å². The van der Waals surface area contributed by atoms with Crippen LogP contribution in [0.4, 0.5) is 0 Å². The van der Waals surface area contributed by atoms with Crippen LogP contribution < -0.4 is 5.73 Å². The van der Waals surface area contributed by atoms with Crippen LogP contribution in [0.5, 0.6) is 0 Å². The van der Waals surface area contributed by atoms with Crippen molar-refractivity contribution >= 4 is 0 Å². The van der Waals surface area contributed by atoms with Gasteiger partial charge in [-0.2, -0.15) is 0 Å². The van der Waals surface area contributed by atoms with Crippen molar-refractivity contribution in [3.05, 3.63) is 0 Å². The first-order valence-corrected chi connectivity index (χ1v) is 5.36. The minimum Gasteiger partial charge on any atom is -0.381 e. The third kappa shape index (κ3) is 8.44. The van der Waals surface area contributed by atoms with Crippen molar-refractivity contribution in [2.24, 2.45) is 5.73 Å². The van der Waals surface area contributed by atoms with Gasteiger partial charge in [-0.1, -0.05) is 0 Å². The molecule has 0 atom stereocenters. The van der Waals surface area contributed by atoms with Gasteiger partial charge in [-0.25, -0.2) is 0 Å². The normalized spacial score (nSPS) is 11.1. The van der Waals surface area contributed by atoms with E-state index < -0.39 is 0 Å². The van der Waals surface area contributed by atoms with Gasteiger partial charge in [-0.05, 0) is 26.8 Å². The summed E-state index contributed by atoms with van der Waals surface area (Å²) in [5.41, 5.74) is 5.34. The molecule has 14 heavy (non-hydrogen) atoms. The van der Waals surface area contributed by atoms with Gasteiger partial charge in [0.2, 0.25) is 0 Å². The van der Waals surface area contributed by atoms with Crippen molar-refractivity contribution in [3.8, 4) is 0 Å². The second kappa shape index (κ2) is 10.9. The monoisotopic (exact) mass is 205 g/mol. The molecule has 0 aliphatic rings. The van der Waals surface area contributed by atoms with Crippen molar-refractivity contribution in [1.29, 1.82) is 0 Å². The van der Waals surface area contributed by atoms with E-state index >= 15 is 0 Å². The summed E-state index contributed by atoms with van der Waals surface area (Å²) in [6, 6.07) is 0. The van der Waals surface area contributed by atoms with Crippen molar-refractivity contribution < 1.29 is 14.2 Å². The quantitative estimate of drug-likeness (QED) is 0.429. The molecule has 0 spiro atoms. The van der Waals surface area contributed by atoms with Gasteiger partial charge in [0.05, 0.1) is 6.61 Å². The maximum absolute atomic E-state index is 5.36. The topological polar surface area (TPSA) is 53.7 Å². The van der Waals surface area contributed by atoms with Crippen LogP contribution in [0.2, 0.25) is 0 Å². The Balaban J connectivity index is 3.30. The lowest BCUT2D eigenvalue weighted by atomic mass is 10.4. The van der Waals surface area contributed by atoms with E-state index in [1.807, 2.05) is 13.8 Å². The first-order chi connectivity index (χ1) is 6.85. The van der Waals surface area contributed by atoms with Crippen LogP contribution in [-0.2, 0) is 14.2 Å². The maximum Gasteiger partial charge on any atom is 0.159 e. The van der Waals surface area contributed by atoms with E-state index in [1.165, 1.54) is 0 Å². The van der Waals surface area contributed by atoms with Gasteiger partial charge in [0.25, 0.3) is 0 Å². The number of hydrogen-bond donors (Lipinski definition) is 1. The molecule has 0 heterocycles. The van der Waals surface area contributed by atoms with Crippen LogP contribution in [0, 0.1) is 0 Å². The summed E-state index contributed by atoms with van der Waals surface area (Å²) in [6.07, 6.45) is 1.57. The lowest BCUT2D eigenvalue weighted by Gasteiger charge is -2.16. The molecular formula is C10H23NO3. The summed E-state index contributed by atoms with van der Waals surface area (Å²) in [6.45, 7) is 7.34. The molecule has 0 saturated heterocycles. The summed E-state index contributed by atoms with van der Waals surface area (Å²) < 4.78 is 16.1. The molecular weight excluding hydrogens is 182 g/mol. The van der Waals surface area contributed by atoms with Gasteiger partial charge >= 0.3 is 0 Å². The highest BCUT2D eigenvalue weighted by Gasteiger charge is 2.06. The van der Waals surface area contributed by atoms with Gasteiger partial charge in [-0.3, -0.25) is 0 Å². The predicted octanol–water partition coefficient (Wildman–Crippen LogP) is 1.14. The molecule has 2 N–H and O–H groups in total. The van der Waals surface area contributed by atoms with E-state index in [-0.39, 0.29) is 6.29 Å². The van der Waals surface area contributed by atoms with Gasteiger partial charge in [-0.15, -0.1) is 0 Å². The molecule has 86 valence electrons. The molecule has 0 aliphatic heterocycles. The molecule has 0 amide bonds. The van der Waals surface area contributed by atoms with Crippen molar-refractivity contribution in [2.45, 2.75) is 33.0 Å². The molecule has 0 fully saturated rings. The minimum atomic E-state index is -0.122. The Morgan fingerprint density at radius 1 is 1.07 bits per heavy atom. The largest absolute Gasteiger partial charge is 0.381 e. The Morgan fingerprint density at radius 3 is 2.21 bits per heavy atom. The fourth-order valence-corrected chi connectivity index (χ4v) is 1.05. The van der Waals surface area contributed by atoms with Crippen LogP contribution in [-0.4, -0.2) is 39.3 Å². The predicted molar refractivity (Wildman–Crippen MR) is 56.1 cm³/mol. The molecule has 4 nitrogen and oxygen atoms in total. The summed E-state index contributed by atoms with van der Waals surface area (Å²) in [5.74, 6) is 0. The van der Waals surface area contributed by atoms with Gasteiger partial charge in [0, 0.05) is 26.2 Å². The Labute approximate surface area is 86.7 Å². The average molecular weight is 205 g/mol. The van der Waals surface area contributed by atoms with E-state index in [1.54, 1.807) is 0 Å². The number of ether oxygens (including phenoxy) is 3. The third-order valence-corrected chi connectivity index (χ3v) is 1.70. The summed E-state index contributed by atoms with van der Waals surface area (Å²) >= 11 is 0. The van der Waals surface area contributed by atoms with E-state index in [2.05, 4.69) is 0 Å². The first kappa shape index (κ1) is 13.8. The lowest BCUT2D eigenvalue weighted by molar-refractivity contribution is -0.146. The standard InChI is InChI=1S/C10H23NO3/c1-3-13-10(14-4-2)6-9-12-8-5-7-11/h10H,3-9,11H2,1-2H3. The van der Waals surface area contributed by atoms with E-state index in [9.17, 15) is 0 Å². The molecule has 0 saturated carbocycles. The van der Waals surface area contributed by atoms with Crippen molar-refractivity contribution in [3.63, 3.8) is 0 Å². The Bertz CT molecular complexity index is 106. The molecule has 0 bridgehead atoms. The van der Waals surface area contributed by atoms with Gasteiger partial charge in [0.1, 0.15) is 0 Å². The Kier molecular flexibility index (Phi) is 10.8. The van der Waals surface area contributed by atoms with Gasteiger partial charge < -0.3 is 19.9 Å². The van der Waals surface area contributed by atoms with E-state index in [0.29, 0.717) is 26.4 Å². The highest BCUT2D eigenvalue weighted by Crippen LogP contribution is 2.01. The van der Waals surface area contributed by atoms with Gasteiger partial charge in [0.15, 0.2) is 6.29 Å². The summed E-state index contributed by atoms with van der Waals surface area (Å²) in [7, 11) is 0. The van der Waals surface area contributed by atoms with Crippen LogP contribution in [0.25, 0.3) is 0 Å². The molecule has 0 aliphatic carbocycles. The fourth-order valence-electron chi connectivity index (χ4n) is 1.05. The molecule has 0 aromatic carbocycles. The highest BCUT2D eigenvalue weighted by atomic mass is 16.7. The van der Waals surface area contributed by atoms with Crippen molar-refractivity contribution in [2.75, 3.05) is 33.0 Å². The Morgan fingerprint density at radius 2 is 1.71 bits per heavy atom. The highest BCUT2D eigenvalue weighted by molar-refractivity contribution is 4.45. The Hall–Kier alpha value is -0.160. The SMILES string of the molecule is CCOC(CCOCCCN)OCC. The average Bonchev–Trinajstić information content (AvgIpc) is 2.18. The second-order valence-electron chi connectivity index (χ2n) is 2.88. The van der Waals surface area contributed by atoms with Crippen LogP contribution in [0.3, 0.4) is 0 Å². The zero-order valence-electron chi connectivity index (χ0n) is 9.33. The molecule has 0 radical (unpaired) electrons. The zero-order chi connectivity index (χ0) is 10.6. The number of hydrogen-bond acceptors (Lipinski definition) is 4. The van der Waals surface area contributed by atoms with E-state index in [0.717, 1.165) is 19.4 Å². The van der Waals surface area contributed by atoms with E-state index in [4.69, 9.17) is 19.9 Å². The van der Waals surface area contributed by atoms with Crippen LogP contribution in [0.15, 0.2) is 0 Å². The molecule has 0 aromatic rings. The molecule has 0 unspecified atom stereocenters. The molecule has 4 heteroatoms. The smallest absolute Gasteiger partial charge is 0.159 e.